The van der Waals surface area contributed by atoms with Gasteiger partial charge in [0.15, 0.2) is 0 Å². The highest BCUT2D eigenvalue weighted by Gasteiger charge is 2.13. The summed E-state index contributed by atoms with van der Waals surface area (Å²) < 4.78 is 0. The van der Waals surface area contributed by atoms with E-state index in [1.54, 1.807) is 6.92 Å². The molecule has 25 heavy (non-hydrogen) atoms. The van der Waals surface area contributed by atoms with Crippen molar-refractivity contribution in [3.05, 3.63) is 35.4 Å². The number of carboxylic acid groups (broad SMARTS) is 2. The van der Waals surface area contributed by atoms with E-state index in [0.717, 1.165) is 24.8 Å². The molecule has 0 radical (unpaired) electrons. The van der Waals surface area contributed by atoms with E-state index in [1.807, 2.05) is 24.3 Å². The van der Waals surface area contributed by atoms with Gasteiger partial charge in [-0.25, -0.2) is 0 Å². The number of nitrogens with two attached hydrogens (primary N) is 2. The molecule has 0 aliphatic heterocycles. The maximum absolute atomic E-state index is 10.8. The van der Waals surface area contributed by atoms with Gasteiger partial charge in [-0.2, -0.15) is 0 Å². The minimum atomic E-state index is -0.933. The molecule has 2 atom stereocenters. The van der Waals surface area contributed by atoms with Crippen molar-refractivity contribution in [2.24, 2.45) is 17.4 Å². The van der Waals surface area contributed by atoms with E-state index >= 15 is 0 Å². The number of hydrogen-bond donors (Lipinski definition) is 4. The molecule has 142 valence electrons. The van der Waals surface area contributed by atoms with Crippen LogP contribution in [0.4, 0.5) is 0 Å². The number of hydrogen-bond acceptors (Lipinski definition) is 4. The summed E-state index contributed by atoms with van der Waals surface area (Å²) >= 11 is 0. The molecule has 0 unspecified atom stereocenters. The van der Waals surface area contributed by atoms with Gasteiger partial charge >= 0.3 is 11.9 Å². The van der Waals surface area contributed by atoms with E-state index in [1.165, 1.54) is 5.56 Å². The Hall–Kier alpha value is -1.92. The molecule has 0 spiro atoms. The summed E-state index contributed by atoms with van der Waals surface area (Å²) in [5, 5.41) is 17.2. The van der Waals surface area contributed by atoms with E-state index in [2.05, 4.69) is 13.8 Å². The molecule has 0 aromatic heterocycles. The number of rotatable bonds is 9. The van der Waals surface area contributed by atoms with Crippen LogP contribution in [0.2, 0.25) is 0 Å². The topological polar surface area (TPSA) is 127 Å². The molecule has 1 rings (SSSR count). The standard InChI is InChI=1S/C13H18O2.C6H14N2O2/c1-9(2)8-11-4-6-12(7-5-11)10(3)13(14)15;7-4-2-1-3-5(8)6(9)10/h4-7,9-10H,8H2,1-3H3,(H,14,15);5H,1-4,7-8H2,(H,9,10)/t10-;5-/m01/s1. The molecular weight excluding hydrogens is 320 g/mol. The average molecular weight is 352 g/mol. The predicted molar refractivity (Wildman–Crippen MR) is 99.6 cm³/mol. The highest BCUT2D eigenvalue weighted by atomic mass is 16.4. The minimum Gasteiger partial charge on any atom is -0.481 e. The lowest BCUT2D eigenvalue weighted by Gasteiger charge is -2.09. The zero-order valence-corrected chi connectivity index (χ0v) is 15.4. The van der Waals surface area contributed by atoms with Gasteiger partial charge in [0.1, 0.15) is 6.04 Å². The molecule has 6 heteroatoms. The Bertz CT molecular complexity index is 515. The van der Waals surface area contributed by atoms with Crippen LogP contribution in [-0.2, 0) is 16.0 Å². The summed E-state index contributed by atoms with van der Waals surface area (Å²) in [6.07, 6.45) is 3.21. The summed E-state index contributed by atoms with van der Waals surface area (Å²) in [6.45, 7) is 6.66. The monoisotopic (exact) mass is 352 g/mol. The lowest BCUT2D eigenvalue weighted by molar-refractivity contribution is -0.139. The van der Waals surface area contributed by atoms with Crippen molar-refractivity contribution >= 4 is 11.9 Å². The van der Waals surface area contributed by atoms with E-state index in [0.29, 0.717) is 18.9 Å². The summed E-state index contributed by atoms with van der Waals surface area (Å²) in [5.74, 6) is -1.49. The molecule has 1 aromatic rings. The number of benzene rings is 1. The third kappa shape index (κ3) is 10.5. The minimum absolute atomic E-state index is 0.418. The second kappa shape index (κ2) is 12.4. The van der Waals surface area contributed by atoms with Crippen molar-refractivity contribution in [2.45, 2.75) is 58.4 Å². The van der Waals surface area contributed by atoms with Crippen molar-refractivity contribution in [2.75, 3.05) is 6.54 Å². The Kier molecular flexibility index (Phi) is 11.5. The number of unbranched alkanes of at least 4 members (excludes halogenated alkanes) is 1. The molecular formula is C19H32N2O4. The Balaban J connectivity index is 0.000000504. The first-order valence-electron chi connectivity index (χ1n) is 8.69. The Morgan fingerprint density at radius 2 is 1.56 bits per heavy atom. The fraction of sp³-hybridized carbons (Fsp3) is 0.579. The molecule has 1 aromatic carbocycles. The van der Waals surface area contributed by atoms with E-state index in [-0.39, 0.29) is 0 Å². The molecule has 0 aliphatic carbocycles. The number of carbonyl (C=O) groups is 2. The average Bonchev–Trinajstić information content (AvgIpc) is 2.55. The van der Waals surface area contributed by atoms with Crippen molar-refractivity contribution in [1.82, 2.24) is 0 Å². The van der Waals surface area contributed by atoms with Crippen LogP contribution in [-0.4, -0.2) is 34.7 Å². The van der Waals surface area contributed by atoms with Gasteiger partial charge in [0.05, 0.1) is 5.92 Å². The van der Waals surface area contributed by atoms with Crippen LogP contribution in [0.25, 0.3) is 0 Å². The van der Waals surface area contributed by atoms with Gasteiger partial charge in [-0.1, -0.05) is 44.5 Å². The zero-order chi connectivity index (χ0) is 19.4. The molecule has 0 saturated carbocycles. The second-order valence-corrected chi connectivity index (χ2v) is 6.63. The lowest BCUT2D eigenvalue weighted by atomic mass is 9.97. The van der Waals surface area contributed by atoms with Gasteiger partial charge in [0.2, 0.25) is 0 Å². The van der Waals surface area contributed by atoms with Gasteiger partial charge in [-0.15, -0.1) is 0 Å². The van der Waals surface area contributed by atoms with Gasteiger partial charge in [-0.05, 0) is 49.8 Å². The SMILES string of the molecule is CC(C)Cc1ccc([C@H](C)C(=O)O)cc1.NCCCC[C@@H](N)C(=O)O. The number of aliphatic carboxylic acids is 2. The maximum Gasteiger partial charge on any atom is 0.320 e. The fourth-order valence-electron chi connectivity index (χ4n) is 2.19. The molecule has 0 heterocycles. The highest BCUT2D eigenvalue weighted by molar-refractivity contribution is 5.75. The molecule has 0 saturated heterocycles. The van der Waals surface area contributed by atoms with E-state index in [9.17, 15) is 9.59 Å². The van der Waals surface area contributed by atoms with Crippen LogP contribution >= 0.6 is 0 Å². The molecule has 6 nitrogen and oxygen atoms in total. The first-order valence-corrected chi connectivity index (χ1v) is 8.69. The normalized spacial score (nSPS) is 12.9. The van der Waals surface area contributed by atoms with Gasteiger partial charge in [-0.3, -0.25) is 9.59 Å². The smallest absolute Gasteiger partial charge is 0.320 e. The van der Waals surface area contributed by atoms with Gasteiger partial charge < -0.3 is 21.7 Å². The Morgan fingerprint density at radius 1 is 1.00 bits per heavy atom. The molecule has 0 amide bonds. The van der Waals surface area contributed by atoms with Crippen LogP contribution in [0.3, 0.4) is 0 Å². The van der Waals surface area contributed by atoms with Crippen molar-refractivity contribution < 1.29 is 19.8 Å². The first-order chi connectivity index (χ1) is 11.7. The van der Waals surface area contributed by atoms with Crippen LogP contribution in [0.5, 0.6) is 0 Å². The van der Waals surface area contributed by atoms with Gasteiger partial charge in [0.25, 0.3) is 0 Å². The van der Waals surface area contributed by atoms with Crippen LogP contribution in [0, 0.1) is 5.92 Å². The quantitative estimate of drug-likeness (QED) is 0.506. The Labute approximate surface area is 150 Å². The van der Waals surface area contributed by atoms with E-state index < -0.39 is 23.9 Å². The molecule has 0 bridgehead atoms. The largest absolute Gasteiger partial charge is 0.481 e. The van der Waals surface area contributed by atoms with Crippen LogP contribution < -0.4 is 11.5 Å². The third-order valence-electron chi connectivity index (χ3n) is 3.78. The lowest BCUT2D eigenvalue weighted by Crippen LogP contribution is -2.29. The fourth-order valence-corrected chi connectivity index (χ4v) is 2.19. The maximum atomic E-state index is 10.8. The molecule has 0 aliphatic rings. The summed E-state index contributed by atoms with van der Waals surface area (Å²) in [6, 6.07) is 7.16. The van der Waals surface area contributed by atoms with Crippen LogP contribution in [0.1, 0.15) is 57.1 Å². The summed E-state index contributed by atoms with van der Waals surface area (Å²) in [7, 11) is 0. The molecule has 6 N–H and O–H groups in total. The van der Waals surface area contributed by atoms with Gasteiger partial charge in [0, 0.05) is 0 Å². The predicted octanol–water partition coefficient (Wildman–Crippen LogP) is 2.60. The molecule has 0 fully saturated rings. The second-order valence-electron chi connectivity index (χ2n) is 6.63. The van der Waals surface area contributed by atoms with Crippen LogP contribution in [0.15, 0.2) is 24.3 Å². The zero-order valence-electron chi connectivity index (χ0n) is 15.4. The Morgan fingerprint density at radius 3 is 1.96 bits per heavy atom. The first kappa shape index (κ1) is 23.1. The van der Waals surface area contributed by atoms with E-state index in [4.69, 9.17) is 21.7 Å². The summed E-state index contributed by atoms with van der Waals surface area (Å²) in [4.78, 5) is 20.9. The summed E-state index contributed by atoms with van der Waals surface area (Å²) in [5.41, 5.74) is 12.6. The van der Waals surface area contributed by atoms with Crippen molar-refractivity contribution in [3.63, 3.8) is 0 Å². The third-order valence-corrected chi connectivity index (χ3v) is 3.78. The highest BCUT2D eigenvalue weighted by Crippen LogP contribution is 2.17. The van der Waals surface area contributed by atoms with Crippen molar-refractivity contribution in [1.29, 1.82) is 0 Å². The number of carboxylic acids is 2. The van der Waals surface area contributed by atoms with Crippen molar-refractivity contribution in [3.8, 4) is 0 Å².